The Morgan fingerprint density at radius 3 is 2.26 bits per heavy atom. The van der Waals surface area contributed by atoms with Gasteiger partial charge in [0.2, 0.25) is 5.62 Å². The molecule has 1 heterocycles. The molecule has 0 aliphatic rings. The number of aryl methyl sites for hydroxylation is 1. The van der Waals surface area contributed by atoms with E-state index in [9.17, 15) is 9.59 Å². The number of methoxy groups -OCH3 is 2. The van der Waals surface area contributed by atoms with Gasteiger partial charge in [0.25, 0.3) is 5.91 Å². The summed E-state index contributed by atoms with van der Waals surface area (Å²) in [4.78, 5) is 27.7. The molecular formula is C24H28N4O6. The maximum Gasteiger partial charge on any atom is 0.434 e. The van der Waals surface area contributed by atoms with Crippen LogP contribution in [0.2, 0.25) is 0 Å². The Bertz CT molecular complexity index is 1220. The van der Waals surface area contributed by atoms with Gasteiger partial charge < -0.3 is 33.8 Å². The third kappa shape index (κ3) is 6.18. The van der Waals surface area contributed by atoms with Crippen LogP contribution in [-0.2, 0) is 20.1 Å². The van der Waals surface area contributed by atoms with Crippen LogP contribution in [0.3, 0.4) is 0 Å². The van der Waals surface area contributed by atoms with E-state index in [0.29, 0.717) is 36.0 Å². The number of aromatic nitrogens is 2. The predicted octanol–water partition coefficient (Wildman–Crippen LogP) is 2.80. The molecule has 0 aliphatic carbocycles. The van der Waals surface area contributed by atoms with E-state index < -0.39 is 6.09 Å². The number of rotatable bonds is 9. The van der Waals surface area contributed by atoms with E-state index in [4.69, 9.17) is 19.3 Å². The number of imidazole rings is 1. The lowest BCUT2D eigenvalue weighted by Gasteiger charge is -2.12. The van der Waals surface area contributed by atoms with Gasteiger partial charge in [-0.15, -0.1) is 4.99 Å². The van der Waals surface area contributed by atoms with Crippen molar-refractivity contribution in [2.75, 3.05) is 20.8 Å². The molecule has 0 bridgehead atoms. The Morgan fingerprint density at radius 2 is 1.65 bits per heavy atom. The summed E-state index contributed by atoms with van der Waals surface area (Å²) >= 11 is 0. The predicted molar refractivity (Wildman–Crippen MR) is 124 cm³/mol. The molecular weight excluding hydrogens is 440 g/mol. The van der Waals surface area contributed by atoms with Crippen LogP contribution in [0.4, 0.5) is 4.79 Å². The number of carbonyl (C=O) groups excluding carboxylic acids is 1. The average Bonchev–Trinajstić information content (AvgIpc) is 3.15. The van der Waals surface area contributed by atoms with Crippen LogP contribution in [-0.4, -0.2) is 47.1 Å². The summed E-state index contributed by atoms with van der Waals surface area (Å²) in [6.45, 7) is 2.88. The van der Waals surface area contributed by atoms with Crippen molar-refractivity contribution >= 4 is 12.0 Å². The molecule has 34 heavy (non-hydrogen) atoms. The summed E-state index contributed by atoms with van der Waals surface area (Å²) in [5.41, 5.74) is 2.28. The summed E-state index contributed by atoms with van der Waals surface area (Å²) in [5.74, 6) is 1.53. The molecule has 0 unspecified atom stereocenters. The first-order valence-corrected chi connectivity index (χ1v) is 10.6. The van der Waals surface area contributed by atoms with E-state index >= 15 is 0 Å². The molecule has 180 valence electrons. The largest absolute Gasteiger partial charge is 0.497 e. The van der Waals surface area contributed by atoms with Crippen molar-refractivity contribution in [2.45, 2.75) is 20.0 Å². The molecule has 0 atom stereocenters. The summed E-state index contributed by atoms with van der Waals surface area (Å²) in [6.07, 6.45) is 2.16. The molecule has 3 aromatic rings. The zero-order valence-corrected chi connectivity index (χ0v) is 19.6. The molecule has 0 radical (unpaired) electrons. The van der Waals surface area contributed by atoms with Crippen LogP contribution < -0.4 is 25.1 Å². The van der Waals surface area contributed by atoms with Crippen LogP contribution in [0.5, 0.6) is 17.2 Å². The zero-order valence-electron chi connectivity index (χ0n) is 19.6. The van der Waals surface area contributed by atoms with Gasteiger partial charge in [0, 0.05) is 37.6 Å². The maximum absolute atomic E-state index is 13.0. The molecule has 2 N–H and O–H groups in total. The molecule has 10 nitrogen and oxygen atoms in total. The normalized spacial score (nSPS) is 11.2. The van der Waals surface area contributed by atoms with Crippen molar-refractivity contribution in [3.63, 3.8) is 0 Å². The van der Waals surface area contributed by atoms with Crippen LogP contribution in [0.1, 0.15) is 28.4 Å². The minimum atomic E-state index is -1.28. The molecule has 0 saturated carbocycles. The number of carboxylic acid groups (broad SMARTS) is 1. The van der Waals surface area contributed by atoms with Gasteiger partial charge >= 0.3 is 6.09 Å². The SMILES string of the molecule is CCOc1cc(Cn2ccn(C)/c2=N\C(=O)O)cc(C(=O)NCc2cc(OC)cc(OC)c2)c1. The summed E-state index contributed by atoms with van der Waals surface area (Å²) in [7, 11) is 4.84. The molecule has 0 fully saturated rings. The average molecular weight is 469 g/mol. The lowest BCUT2D eigenvalue weighted by atomic mass is 10.1. The number of benzene rings is 2. The lowest BCUT2D eigenvalue weighted by Crippen LogP contribution is -2.26. The highest BCUT2D eigenvalue weighted by atomic mass is 16.5. The topological polar surface area (TPSA) is 116 Å². The molecule has 0 spiro atoms. The fraction of sp³-hybridized carbons (Fsp3) is 0.292. The lowest BCUT2D eigenvalue weighted by molar-refractivity contribution is 0.0950. The third-order valence-corrected chi connectivity index (χ3v) is 4.99. The number of nitrogens with one attached hydrogen (secondary N) is 1. The number of carbonyl (C=O) groups is 2. The minimum absolute atomic E-state index is 0.271. The summed E-state index contributed by atoms with van der Waals surface area (Å²) in [6, 6.07) is 10.6. The second-order valence-electron chi connectivity index (χ2n) is 7.43. The molecule has 1 aromatic heterocycles. The second kappa shape index (κ2) is 11.1. The van der Waals surface area contributed by atoms with E-state index in [1.54, 1.807) is 61.0 Å². The molecule has 0 aliphatic heterocycles. The van der Waals surface area contributed by atoms with E-state index in [1.807, 2.05) is 25.1 Å². The van der Waals surface area contributed by atoms with Crippen LogP contribution in [0, 0.1) is 0 Å². The highest BCUT2D eigenvalue weighted by Crippen LogP contribution is 2.23. The van der Waals surface area contributed by atoms with Gasteiger partial charge in [-0.05, 0) is 48.4 Å². The number of ether oxygens (including phenoxy) is 3. The number of amides is 2. The highest BCUT2D eigenvalue weighted by molar-refractivity contribution is 5.94. The third-order valence-electron chi connectivity index (χ3n) is 4.99. The van der Waals surface area contributed by atoms with E-state index in [2.05, 4.69) is 10.3 Å². The molecule has 10 heteroatoms. The summed E-state index contributed by atoms with van der Waals surface area (Å²) in [5, 5.41) is 12.0. The Labute approximate surface area is 197 Å². The molecule has 2 aromatic carbocycles. The van der Waals surface area contributed by atoms with Gasteiger partial charge in [0.1, 0.15) is 17.2 Å². The first-order valence-electron chi connectivity index (χ1n) is 10.6. The van der Waals surface area contributed by atoms with E-state index in [-0.39, 0.29) is 18.1 Å². The quantitative estimate of drug-likeness (QED) is 0.499. The van der Waals surface area contributed by atoms with Crippen molar-refractivity contribution in [2.24, 2.45) is 12.0 Å². The maximum atomic E-state index is 13.0. The standard InChI is InChI=1S/C24H28N4O6/c1-5-34-21-11-17(15-28-7-6-27(2)23(28)26-24(30)31)8-18(12-21)22(29)25-14-16-9-19(32-3)13-20(10-16)33-4/h6-13H,5,14-15H2,1-4H3,(H,25,29)(H,30,31)/b26-23+. The van der Waals surface area contributed by atoms with Crippen LogP contribution in [0.25, 0.3) is 0 Å². The van der Waals surface area contributed by atoms with E-state index in [0.717, 1.165) is 11.1 Å². The van der Waals surface area contributed by atoms with Gasteiger partial charge in [0.05, 0.1) is 27.4 Å². The first kappa shape index (κ1) is 24.4. The highest BCUT2D eigenvalue weighted by Gasteiger charge is 2.12. The Hall–Kier alpha value is -4.21. The molecule has 0 saturated heterocycles. The van der Waals surface area contributed by atoms with Crippen molar-refractivity contribution in [1.82, 2.24) is 14.5 Å². The van der Waals surface area contributed by atoms with Gasteiger partial charge in [-0.25, -0.2) is 4.79 Å². The fourth-order valence-electron chi connectivity index (χ4n) is 3.45. The van der Waals surface area contributed by atoms with Crippen LogP contribution in [0.15, 0.2) is 53.8 Å². The van der Waals surface area contributed by atoms with Gasteiger partial charge in [-0.2, -0.15) is 0 Å². The minimum Gasteiger partial charge on any atom is -0.497 e. The van der Waals surface area contributed by atoms with Gasteiger partial charge in [0.15, 0.2) is 0 Å². The van der Waals surface area contributed by atoms with Crippen LogP contribution >= 0.6 is 0 Å². The van der Waals surface area contributed by atoms with Gasteiger partial charge in [-0.3, -0.25) is 4.79 Å². The fourth-order valence-corrected chi connectivity index (χ4v) is 3.45. The van der Waals surface area contributed by atoms with Crippen molar-refractivity contribution in [1.29, 1.82) is 0 Å². The Kier molecular flexibility index (Phi) is 7.96. The first-order chi connectivity index (χ1) is 16.3. The Balaban J connectivity index is 1.85. The number of hydrogen-bond donors (Lipinski definition) is 2. The molecule has 2 amide bonds. The monoisotopic (exact) mass is 468 g/mol. The van der Waals surface area contributed by atoms with Gasteiger partial charge in [-0.1, -0.05) is 0 Å². The number of hydrogen-bond acceptors (Lipinski definition) is 5. The van der Waals surface area contributed by atoms with Crippen molar-refractivity contribution < 1.29 is 28.9 Å². The van der Waals surface area contributed by atoms with E-state index in [1.165, 1.54) is 0 Å². The smallest absolute Gasteiger partial charge is 0.434 e. The molecule has 3 rings (SSSR count). The summed E-state index contributed by atoms with van der Waals surface area (Å²) < 4.78 is 19.5. The van der Waals surface area contributed by atoms with Crippen molar-refractivity contribution in [3.05, 3.63) is 71.1 Å². The second-order valence-corrected chi connectivity index (χ2v) is 7.43. The zero-order chi connectivity index (χ0) is 24.7. The Morgan fingerprint density at radius 1 is 0.971 bits per heavy atom. The number of nitrogens with zero attached hydrogens (tertiary/aromatic N) is 3. The van der Waals surface area contributed by atoms with Crippen molar-refractivity contribution in [3.8, 4) is 17.2 Å².